The van der Waals surface area contributed by atoms with Gasteiger partial charge in [-0.3, -0.25) is 0 Å². The van der Waals surface area contributed by atoms with Gasteiger partial charge in [-0.15, -0.1) is 15.3 Å². The fraction of sp³-hybridized carbons (Fsp3) is 0.243. The third-order valence-corrected chi connectivity index (χ3v) is 9.04. The van der Waals surface area contributed by atoms with Crippen molar-refractivity contribution in [1.82, 2.24) is 4.72 Å². The van der Waals surface area contributed by atoms with E-state index in [0.29, 0.717) is 60.2 Å². The molecule has 0 aliphatic rings. The summed E-state index contributed by atoms with van der Waals surface area (Å²) in [6.45, 7) is 1.51. The summed E-state index contributed by atoms with van der Waals surface area (Å²) in [7, 11) is -0.774. The Labute approximate surface area is 301 Å². The lowest BCUT2D eigenvalue weighted by Gasteiger charge is -2.10. The molecule has 0 fully saturated rings. The number of hydrogen-bond donors (Lipinski definition) is 4. The van der Waals surface area contributed by atoms with Gasteiger partial charge in [0.25, 0.3) is 0 Å². The Kier molecular flexibility index (Phi) is 13.6. The summed E-state index contributed by atoms with van der Waals surface area (Å²) >= 11 is 0. The van der Waals surface area contributed by atoms with Crippen molar-refractivity contribution in [3.8, 4) is 17.2 Å². The number of nitrogens with one attached hydrogen (secondary N) is 2. The first kappa shape index (κ1) is 37.8. The second-order valence-electron chi connectivity index (χ2n) is 11.1. The van der Waals surface area contributed by atoms with Gasteiger partial charge in [0.2, 0.25) is 10.0 Å². The van der Waals surface area contributed by atoms with E-state index in [-0.39, 0.29) is 36.1 Å². The second-order valence-corrected chi connectivity index (χ2v) is 12.9. The zero-order valence-electron chi connectivity index (χ0n) is 28.7. The molecule has 0 aliphatic heterocycles. The number of anilines is 2. The highest BCUT2D eigenvalue weighted by molar-refractivity contribution is 7.89. The smallest absolute Gasteiger partial charge is 0.240 e. The molecule has 15 heteroatoms. The first-order chi connectivity index (χ1) is 25.3. The lowest BCUT2D eigenvalue weighted by Crippen LogP contribution is -2.25. The first-order valence-electron chi connectivity index (χ1n) is 16.3. The minimum absolute atomic E-state index is 0.0129. The summed E-state index contributed by atoms with van der Waals surface area (Å²) in [5, 5.41) is 41.6. The van der Waals surface area contributed by atoms with E-state index in [1.165, 1.54) is 38.5 Å². The minimum Gasteiger partial charge on any atom is -0.505 e. The number of phenolic OH excluding ortho intramolecular Hbond substituents is 1. The van der Waals surface area contributed by atoms with Crippen LogP contribution in [-0.4, -0.2) is 72.4 Å². The van der Waals surface area contributed by atoms with Gasteiger partial charge in [0.15, 0.2) is 5.75 Å². The fourth-order valence-corrected chi connectivity index (χ4v) is 6.01. The van der Waals surface area contributed by atoms with Crippen LogP contribution in [0.4, 0.5) is 34.1 Å². The quantitative estimate of drug-likeness (QED) is 0.0486. The highest BCUT2D eigenvalue weighted by Crippen LogP contribution is 2.42. The number of fused-ring (bicyclic) bond motifs is 1. The largest absolute Gasteiger partial charge is 0.505 e. The maximum Gasteiger partial charge on any atom is 0.240 e. The number of methoxy groups -OCH3 is 2. The molecule has 0 unspecified atom stereocenters. The summed E-state index contributed by atoms with van der Waals surface area (Å²) < 4.78 is 49.5. The van der Waals surface area contributed by atoms with Crippen molar-refractivity contribution in [2.45, 2.75) is 11.3 Å². The number of aliphatic hydroxyl groups is 1. The molecular weight excluding hydrogens is 689 g/mol. The van der Waals surface area contributed by atoms with Crippen molar-refractivity contribution < 1.29 is 37.6 Å². The van der Waals surface area contributed by atoms with Crippen molar-refractivity contribution in [2.24, 2.45) is 20.5 Å². The van der Waals surface area contributed by atoms with Gasteiger partial charge in [0.05, 0.1) is 51.2 Å². The fourth-order valence-electron chi connectivity index (χ4n) is 4.93. The summed E-state index contributed by atoms with van der Waals surface area (Å²) in [4.78, 5) is 0.0843. The Balaban J connectivity index is 1.22. The van der Waals surface area contributed by atoms with Crippen molar-refractivity contribution in [1.29, 1.82) is 0 Å². The van der Waals surface area contributed by atoms with Gasteiger partial charge in [0, 0.05) is 42.0 Å². The van der Waals surface area contributed by atoms with E-state index in [1.807, 2.05) is 54.6 Å². The first-order valence-corrected chi connectivity index (χ1v) is 17.8. The molecule has 5 rings (SSSR count). The normalized spacial score (nSPS) is 11.8. The van der Waals surface area contributed by atoms with Crippen molar-refractivity contribution >= 4 is 54.9 Å². The number of hydrogen-bond acceptors (Lipinski definition) is 13. The number of para-hydroxylation sites is 1. The monoisotopic (exact) mass is 728 g/mol. The van der Waals surface area contributed by atoms with Crippen LogP contribution in [0.25, 0.3) is 10.8 Å². The Morgan fingerprint density at radius 1 is 0.673 bits per heavy atom. The molecule has 0 aromatic heterocycles. The number of benzene rings is 5. The molecule has 272 valence electrons. The Hall–Kier alpha value is -5.45. The van der Waals surface area contributed by atoms with Crippen molar-refractivity contribution in [2.75, 3.05) is 59.1 Å². The van der Waals surface area contributed by atoms with Gasteiger partial charge in [-0.1, -0.05) is 24.3 Å². The third-order valence-electron chi connectivity index (χ3n) is 7.56. The second kappa shape index (κ2) is 18.7. The van der Waals surface area contributed by atoms with Crippen LogP contribution in [0, 0.1) is 0 Å². The van der Waals surface area contributed by atoms with Gasteiger partial charge >= 0.3 is 0 Å². The molecular formula is C37H40N6O8S. The van der Waals surface area contributed by atoms with E-state index < -0.39 is 10.0 Å². The van der Waals surface area contributed by atoms with E-state index in [9.17, 15) is 13.5 Å². The number of rotatable bonds is 19. The minimum atomic E-state index is -3.73. The molecule has 0 spiro atoms. The lowest BCUT2D eigenvalue weighted by atomic mass is 10.1. The van der Waals surface area contributed by atoms with Crippen LogP contribution >= 0.6 is 0 Å². The average Bonchev–Trinajstić information content (AvgIpc) is 3.16. The number of nitrogens with zero attached hydrogens (tertiary/aromatic N) is 4. The summed E-state index contributed by atoms with van der Waals surface area (Å²) in [6.07, 6.45) is 0.484. The van der Waals surface area contributed by atoms with E-state index in [1.54, 1.807) is 18.2 Å². The Morgan fingerprint density at radius 2 is 1.33 bits per heavy atom. The van der Waals surface area contributed by atoms with Crippen molar-refractivity contribution in [3.05, 3.63) is 97.1 Å². The molecule has 0 saturated carbocycles. The van der Waals surface area contributed by atoms with Gasteiger partial charge in [-0.05, 0) is 72.5 Å². The number of aliphatic hydroxyl groups excluding tert-OH is 1. The number of sulfonamides is 1. The summed E-state index contributed by atoms with van der Waals surface area (Å²) in [5.74, 6) is 0.661. The van der Waals surface area contributed by atoms with Crippen LogP contribution < -0.4 is 19.5 Å². The molecule has 0 amide bonds. The van der Waals surface area contributed by atoms with Crippen LogP contribution in [0.2, 0.25) is 0 Å². The predicted molar refractivity (Wildman–Crippen MR) is 198 cm³/mol. The van der Waals surface area contributed by atoms with E-state index in [4.69, 9.17) is 24.1 Å². The number of ether oxygens (including phenoxy) is 4. The molecule has 4 N–H and O–H groups in total. The highest BCUT2D eigenvalue weighted by atomic mass is 32.2. The Morgan fingerprint density at radius 3 is 2.00 bits per heavy atom. The molecule has 0 aliphatic carbocycles. The van der Waals surface area contributed by atoms with E-state index in [2.05, 4.69) is 30.5 Å². The average molecular weight is 729 g/mol. The van der Waals surface area contributed by atoms with Crippen LogP contribution in [0.3, 0.4) is 0 Å². The highest BCUT2D eigenvalue weighted by Gasteiger charge is 2.15. The zero-order valence-corrected chi connectivity index (χ0v) is 29.5. The van der Waals surface area contributed by atoms with E-state index >= 15 is 0 Å². The predicted octanol–water partition coefficient (Wildman–Crippen LogP) is 7.83. The standard InChI is InChI=1S/C37H40N6O8S/c1-48-35-25-34(43-41-32-16-9-26-23-29(12-15-31(26)37(32)45)39-27-7-4-3-5-8-27)36(49-2)24-33(35)42-40-28-10-13-30(14-11-28)52(46,47)38-17-6-19-50-21-22-51-20-18-44/h3-5,7-16,23-25,38-39,44-45H,6,17-22H2,1-2H3. The lowest BCUT2D eigenvalue weighted by molar-refractivity contribution is 0.0328. The number of aromatic hydroxyl groups is 1. The molecule has 0 radical (unpaired) electrons. The molecule has 0 atom stereocenters. The van der Waals surface area contributed by atoms with Crippen LogP contribution in [0.1, 0.15) is 6.42 Å². The number of phenols is 1. The molecule has 0 bridgehead atoms. The van der Waals surface area contributed by atoms with Gasteiger partial charge in [0.1, 0.15) is 28.6 Å². The topological polar surface area (TPSA) is 185 Å². The van der Waals surface area contributed by atoms with Gasteiger partial charge in [-0.25, -0.2) is 13.1 Å². The van der Waals surface area contributed by atoms with E-state index in [0.717, 1.165) is 16.8 Å². The summed E-state index contributed by atoms with van der Waals surface area (Å²) in [6, 6.07) is 28.1. The van der Waals surface area contributed by atoms with Crippen LogP contribution in [0.5, 0.6) is 17.2 Å². The maximum absolute atomic E-state index is 12.7. The summed E-state index contributed by atoms with van der Waals surface area (Å²) in [5.41, 5.74) is 3.19. The zero-order chi connectivity index (χ0) is 36.8. The molecule has 0 heterocycles. The molecule has 0 saturated heterocycles. The van der Waals surface area contributed by atoms with Crippen molar-refractivity contribution in [3.63, 3.8) is 0 Å². The molecule has 5 aromatic rings. The SMILES string of the molecule is COc1cc(N=Nc2ccc3cc(Nc4ccccc4)ccc3c2O)c(OC)cc1N=Nc1ccc(S(=O)(=O)NCCCOCCOCCO)cc1. The van der Waals surface area contributed by atoms with Crippen LogP contribution in [-0.2, 0) is 19.5 Å². The number of azo groups is 2. The molecule has 52 heavy (non-hydrogen) atoms. The van der Waals surface area contributed by atoms with Gasteiger partial charge in [-0.2, -0.15) is 5.11 Å². The van der Waals surface area contributed by atoms with Crippen LogP contribution in [0.15, 0.2) is 122 Å². The maximum atomic E-state index is 12.7. The third kappa shape index (κ3) is 10.3. The van der Waals surface area contributed by atoms with Gasteiger partial charge < -0.3 is 34.5 Å². The Bertz CT molecular complexity index is 2100. The molecule has 5 aromatic carbocycles. The molecule has 14 nitrogen and oxygen atoms in total.